The number of amides is 2. The number of aryl methyl sites for hydroxylation is 2. The van der Waals surface area contributed by atoms with Gasteiger partial charge in [0.1, 0.15) is 6.04 Å². The normalized spacial score (nSPS) is 15.1. The van der Waals surface area contributed by atoms with E-state index >= 15 is 0 Å². The third-order valence-corrected chi connectivity index (χ3v) is 8.27. The minimum atomic E-state index is -3.51. The molecule has 1 fully saturated rings. The van der Waals surface area contributed by atoms with Crippen LogP contribution < -0.4 is 9.62 Å². The molecule has 3 rings (SSSR count). The Balaban J connectivity index is 1.72. The molecular formula is C29H41N3O4S. The van der Waals surface area contributed by atoms with Gasteiger partial charge in [0.15, 0.2) is 0 Å². The van der Waals surface area contributed by atoms with Crippen LogP contribution in [0.3, 0.4) is 0 Å². The third-order valence-electron chi connectivity index (χ3n) is 7.09. The van der Waals surface area contributed by atoms with Gasteiger partial charge in [-0.1, -0.05) is 67.3 Å². The van der Waals surface area contributed by atoms with E-state index < -0.39 is 16.1 Å². The zero-order valence-corrected chi connectivity index (χ0v) is 23.4. The summed E-state index contributed by atoms with van der Waals surface area (Å²) in [5, 5.41) is 3.15. The molecule has 8 heteroatoms. The Kier molecular flexibility index (Phi) is 10.1. The van der Waals surface area contributed by atoms with Gasteiger partial charge in [0.25, 0.3) is 0 Å². The summed E-state index contributed by atoms with van der Waals surface area (Å²) in [6, 6.07) is 14.8. The Labute approximate surface area is 222 Å². The van der Waals surface area contributed by atoms with E-state index in [0.29, 0.717) is 18.7 Å². The lowest BCUT2D eigenvalue weighted by Crippen LogP contribution is -2.50. The van der Waals surface area contributed by atoms with Crippen LogP contribution in [0.25, 0.3) is 0 Å². The SMILES string of the molecule is Cc1cccc(CN(C(=O)CCCN(c2ccccc2C)S(C)(=O)=O)[C@@H](C)C(=O)NC2CCCCC2)c1. The maximum absolute atomic E-state index is 13.5. The van der Waals surface area contributed by atoms with Gasteiger partial charge in [-0.2, -0.15) is 0 Å². The van der Waals surface area contributed by atoms with E-state index in [2.05, 4.69) is 5.32 Å². The van der Waals surface area contributed by atoms with E-state index in [4.69, 9.17) is 0 Å². The maximum atomic E-state index is 13.5. The van der Waals surface area contributed by atoms with Crippen LogP contribution in [-0.2, 0) is 26.2 Å². The summed E-state index contributed by atoms with van der Waals surface area (Å²) in [7, 11) is -3.51. The van der Waals surface area contributed by atoms with E-state index in [1.54, 1.807) is 17.9 Å². The van der Waals surface area contributed by atoms with Crippen molar-refractivity contribution in [3.8, 4) is 0 Å². The fourth-order valence-corrected chi connectivity index (χ4v) is 6.01. The van der Waals surface area contributed by atoms with Gasteiger partial charge in [-0.3, -0.25) is 13.9 Å². The average Bonchev–Trinajstić information content (AvgIpc) is 2.85. The first-order valence-electron chi connectivity index (χ1n) is 13.2. The van der Waals surface area contributed by atoms with Crippen LogP contribution in [0, 0.1) is 13.8 Å². The van der Waals surface area contributed by atoms with Crippen molar-refractivity contribution < 1.29 is 18.0 Å². The fraction of sp³-hybridized carbons (Fsp3) is 0.517. The first-order chi connectivity index (χ1) is 17.6. The maximum Gasteiger partial charge on any atom is 0.242 e. The van der Waals surface area contributed by atoms with Crippen molar-refractivity contribution in [2.45, 2.75) is 84.3 Å². The van der Waals surface area contributed by atoms with Crippen LogP contribution in [0.1, 0.15) is 68.6 Å². The Bertz CT molecular complexity index is 1180. The molecule has 1 aliphatic rings. The molecule has 0 spiro atoms. The Hall–Kier alpha value is -2.87. The number of anilines is 1. The van der Waals surface area contributed by atoms with E-state index in [1.165, 1.54) is 17.0 Å². The van der Waals surface area contributed by atoms with Crippen LogP contribution in [0.5, 0.6) is 0 Å². The lowest BCUT2D eigenvalue weighted by atomic mass is 9.95. The van der Waals surface area contributed by atoms with Gasteiger partial charge >= 0.3 is 0 Å². The Morgan fingerprint density at radius 3 is 2.38 bits per heavy atom. The molecule has 0 saturated heterocycles. The number of hydrogen-bond donors (Lipinski definition) is 1. The minimum absolute atomic E-state index is 0.134. The smallest absolute Gasteiger partial charge is 0.242 e. The predicted octanol–water partition coefficient (Wildman–Crippen LogP) is 4.72. The highest BCUT2D eigenvalue weighted by molar-refractivity contribution is 7.92. The molecular weight excluding hydrogens is 486 g/mol. The molecule has 0 bridgehead atoms. The number of carbonyl (C=O) groups is 2. The van der Waals surface area contributed by atoms with Crippen molar-refractivity contribution >= 4 is 27.5 Å². The highest BCUT2D eigenvalue weighted by atomic mass is 32.2. The highest BCUT2D eigenvalue weighted by Gasteiger charge is 2.28. The van der Waals surface area contributed by atoms with Gasteiger partial charge in [-0.15, -0.1) is 0 Å². The molecule has 0 unspecified atom stereocenters. The number of sulfonamides is 1. The fourth-order valence-electron chi connectivity index (χ4n) is 4.98. The van der Waals surface area contributed by atoms with Gasteiger partial charge in [-0.25, -0.2) is 8.42 Å². The Morgan fingerprint density at radius 1 is 1.03 bits per heavy atom. The van der Waals surface area contributed by atoms with Crippen LogP contribution >= 0.6 is 0 Å². The van der Waals surface area contributed by atoms with Crippen molar-refractivity contribution in [3.63, 3.8) is 0 Å². The van der Waals surface area contributed by atoms with Crippen LogP contribution in [0.15, 0.2) is 48.5 Å². The van der Waals surface area contributed by atoms with E-state index in [9.17, 15) is 18.0 Å². The van der Waals surface area contributed by atoms with E-state index in [0.717, 1.165) is 42.4 Å². The van der Waals surface area contributed by atoms with Gasteiger partial charge in [-0.05, 0) is 57.2 Å². The molecule has 0 aromatic heterocycles. The van der Waals surface area contributed by atoms with Gasteiger partial charge in [0, 0.05) is 25.6 Å². The molecule has 1 atom stereocenters. The van der Waals surface area contributed by atoms with Crippen molar-refractivity contribution in [2.24, 2.45) is 0 Å². The minimum Gasteiger partial charge on any atom is -0.352 e. The molecule has 1 N–H and O–H groups in total. The summed E-state index contributed by atoms with van der Waals surface area (Å²) in [5.41, 5.74) is 3.53. The molecule has 0 heterocycles. The first kappa shape index (κ1) is 28.7. The molecule has 2 aromatic rings. The zero-order valence-electron chi connectivity index (χ0n) is 22.6. The molecule has 0 radical (unpaired) electrons. The molecule has 37 heavy (non-hydrogen) atoms. The standard InChI is InChI=1S/C29H41N3O4S/c1-22-12-10-14-25(20-22)21-31(24(3)29(34)30-26-15-6-5-7-16-26)28(33)18-11-19-32(37(4,35)36)27-17-9-8-13-23(27)2/h8-10,12-14,17,20,24,26H,5-7,11,15-16,18-19,21H2,1-4H3,(H,30,34)/t24-/m0/s1. The van der Waals surface area contributed by atoms with Crippen molar-refractivity contribution in [3.05, 3.63) is 65.2 Å². The average molecular weight is 528 g/mol. The molecule has 2 aromatic carbocycles. The number of nitrogens with zero attached hydrogens (tertiary/aromatic N) is 2. The Morgan fingerprint density at radius 2 is 1.73 bits per heavy atom. The molecule has 0 aliphatic heterocycles. The number of rotatable bonds is 11. The van der Waals surface area contributed by atoms with Crippen LogP contribution in [-0.4, -0.2) is 50.0 Å². The van der Waals surface area contributed by atoms with Crippen LogP contribution in [0.4, 0.5) is 5.69 Å². The predicted molar refractivity (Wildman–Crippen MR) is 149 cm³/mol. The van der Waals surface area contributed by atoms with Crippen molar-refractivity contribution in [2.75, 3.05) is 17.1 Å². The summed E-state index contributed by atoms with van der Waals surface area (Å²) < 4.78 is 26.4. The number of para-hydroxylation sites is 1. The molecule has 1 saturated carbocycles. The van der Waals surface area contributed by atoms with Gasteiger partial charge in [0.2, 0.25) is 21.8 Å². The van der Waals surface area contributed by atoms with Crippen LogP contribution in [0.2, 0.25) is 0 Å². The topological polar surface area (TPSA) is 86.8 Å². The summed E-state index contributed by atoms with van der Waals surface area (Å²) in [6.45, 7) is 6.17. The molecule has 1 aliphatic carbocycles. The summed E-state index contributed by atoms with van der Waals surface area (Å²) >= 11 is 0. The molecule has 2 amide bonds. The second-order valence-corrected chi connectivity index (χ2v) is 12.2. The number of carbonyl (C=O) groups excluding carboxylic acids is 2. The first-order valence-corrected chi connectivity index (χ1v) is 15.1. The van der Waals surface area contributed by atoms with Crippen molar-refractivity contribution in [1.82, 2.24) is 10.2 Å². The highest BCUT2D eigenvalue weighted by Crippen LogP contribution is 2.23. The lowest BCUT2D eigenvalue weighted by Gasteiger charge is -2.31. The molecule has 7 nitrogen and oxygen atoms in total. The van der Waals surface area contributed by atoms with E-state index in [1.807, 2.05) is 56.3 Å². The quantitative estimate of drug-likeness (QED) is 0.458. The van der Waals surface area contributed by atoms with E-state index in [-0.39, 0.29) is 30.8 Å². The number of hydrogen-bond acceptors (Lipinski definition) is 4. The second-order valence-electron chi connectivity index (χ2n) is 10.3. The van der Waals surface area contributed by atoms with Gasteiger partial charge < -0.3 is 10.2 Å². The summed E-state index contributed by atoms with van der Waals surface area (Å²) in [5.74, 6) is -0.295. The second kappa shape index (κ2) is 13.1. The monoisotopic (exact) mass is 527 g/mol. The number of benzene rings is 2. The summed E-state index contributed by atoms with van der Waals surface area (Å²) in [6.07, 6.45) is 7.06. The third kappa shape index (κ3) is 8.32. The summed E-state index contributed by atoms with van der Waals surface area (Å²) in [4.78, 5) is 28.3. The van der Waals surface area contributed by atoms with Gasteiger partial charge in [0.05, 0.1) is 11.9 Å². The number of nitrogens with one attached hydrogen (secondary N) is 1. The van der Waals surface area contributed by atoms with Crippen molar-refractivity contribution in [1.29, 1.82) is 0 Å². The largest absolute Gasteiger partial charge is 0.352 e. The lowest BCUT2D eigenvalue weighted by molar-refractivity contribution is -0.141. The zero-order chi connectivity index (χ0) is 27.0. The molecule has 202 valence electrons.